The Morgan fingerprint density at radius 1 is 1.05 bits per heavy atom. The highest BCUT2D eigenvalue weighted by atomic mass is 79.9. The minimum atomic E-state index is -0.905. The summed E-state index contributed by atoms with van der Waals surface area (Å²) < 4.78 is 26.7. The van der Waals surface area contributed by atoms with Gasteiger partial charge in [-0.2, -0.15) is 0 Å². The monoisotopic (exact) mass is 325 g/mol. The molecule has 2 N–H and O–H groups in total. The largest absolute Gasteiger partial charge is 0.320 e. The molecule has 0 aliphatic heterocycles. The van der Waals surface area contributed by atoms with Crippen molar-refractivity contribution < 1.29 is 8.78 Å². The van der Waals surface area contributed by atoms with Crippen LogP contribution in [0.15, 0.2) is 34.8 Å². The van der Waals surface area contributed by atoms with Crippen LogP contribution in [0, 0.1) is 25.5 Å². The molecule has 0 aliphatic carbocycles. The summed E-state index contributed by atoms with van der Waals surface area (Å²) in [4.78, 5) is 0. The lowest BCUT2D eigenvalue weighted by molar-refractivity contribution is 0.501. The molecule has 0 amide bonds. The van der Waals surface area contributed by atoms with Crippen molar-refractivity contribution in [2.24, 2.45) is 5.73 Å². The predicted molar refractivity (Wildman–Crippen MR) is 76.0 cm³/mol. The van der Waals surface area contributed by atoms with E-state index in [1.54, 1.807) is 0 Å². The predicted octanol–water partition coefficient (Wildman–Crippen LogP) is 4.39. The van der Waals surface area contributed by atoms with Gasteiger partial charge in [0.2, 0.25) is 0 Å². The maximum absolute atomic E-state index is 13.5. The van der Waals surface area contributed by atoms with Gasteiger partial charge in [-0.25, -0.2) is 8.78 Å². The average molecular weight is 326 g/mol. The third-order valence-electron chi connectivity index (χ3n) is 3.00. The fourth-order valence-electron chi connectivity index (χ4n) is 2.15. The lowest BCUT2D eigenvalue weighted by Gasteiger charge is -2.16. The van der Waals surface area contributed by atoms with Crippen molar-refractivity contribution >= 4 is 15.9 Å². The lowest BCUT2D eigenvalue weighted by atomic mass is 9.96. The number of nitrogens with two attached hydrogens (primary N) is 1. The zero-order chi connectivity index (χ0) is 14.2. The van der Waals surface area contributed by atoms with Crippen molar-refractivity contribution in [3.8, 4) is 0 Å². The number of hydrogen-bond acceptors (Lipinski definition) is 1. The Morgan fingerprint density at radius 2 is 1.63 bits per heavy atom. The molecule has 0 bridgehead atoms. The summed E-state index contributed by atoms with van der Waals surface area (Å²) in [6.07, 6.45) is 0. The van der Waals surface area contributed by atoms with Gasteiger partial charge in [0.1, 0.15) is 0 Å². The molecule has 1 nitrogen and oxygen atoms in total. The molecule has 0 aromatic heterocycles. The van der Waals surface area contributed by atoms with E-state index in [0.717, 1.165) is 22.8 Å². The average Bonchev–Trinajstić information content (AvgIpc) is 2.34. The fraction of sp³-hybridized carbons (Fsp3) is 0.200. The highest BCUT2D eigenvalue weighted by Gasteiger charge is 2.17. The number of benzene rings is 2. The first-order chi connectivity index (χ1) is 8.90. The molecule has 0 heterocycles. The Hall–Kier alpha value is -1.26. The van der Waals surface area contributed by atoms with Gasteiger partial charge >= 0.3 is 0 Å². The van der Waals surface area contributed by atoms with Crippen LogP contribution in [-0.4, -0.2) is 0 Å². The molecule has 0 saturated carbocycles. The molecule has 2 rings (SSSR count). The number of halogens is 3. The molecule has 100 valence electrons. The van der Waals surface area contributed by atoms with E-state index in [4.69, 9.17) is 5.73 Å². The zero-order valence-electron chi connectivity index (χ0n) is 10.7. The summed E-state index contributed by atoms with van der Waals surface area (Å²) >= 11 is 3.07. The second kappa shape index (κ2) is 5.39. The lowest BCUT2D eigenvalue weighted by Crippen LogP contribution is -2.14. The van der Waals surface area contributed by atoms with E-state index in [1.165, 1.54) is 6.07 Å². The molecule has 0 spiro atoms. The molecular formula is C15H14BrF2N. The van der Waals surface area contributed by atoms with Crippen LogP contribution in [-0.2, 0) is 0 Å². The van der Waals surface area contributed by atoms with Crippen molar-refractivity contribution in [3.05, 3.63) is 68.7 Å². The van der Waals surface area contributed by atoms with E-state index in [-0.39, 0.29) is 4.47 Å². The topological polar surface area (TPSA) is 26.0 Å². The Balaban J connectivity index is 2.50. The standard InChI is InChI=1S/C15H14BrF2N/c1-8-5-9(2)7-10(6-8)15(19)11-3-4-12(17)14(18)13(11)16/h3-7,15H,19H2,1-2H3. The molecule has 1 atom stereocenters. The summed E-state index contributed by atoms with van der Waals surface area (Å²) in [5.41, 5.74) is 9.74. The van der Waals surface area contributed by atoms with E-state index < -0.39 is 17.7 Å². The Morgan fingerprint density at radius 3 is 2.21 bits per heavy atom. The van der Waals surface area contributed by atoms with Gasteiger partial charge in [-0.15, -0.1) is 0 Å². The maximum atomic E-state index is 13.5. The minimum absolute atomic E-state index is 0.0826. The number of aryl methyl sites for hydroxylation is 2. The van der Waals surface area contributed by atoms with Gasteiger partial charge < -0.3 is 5.73 Å². The van der Waals surface area contributed by atoms with Crippen molar-refractivity contribution in [2.45, 2.75) is 19.9 Å². The number of hydrogen-bond donors (Lipinski definition) is 1. The van der Waals surface area contributed by atoms with E-state index >= 15 is 0 Å². The van der Waals surface area contributed by atoms with Crippen LogP contribution in [0.5, 0.6) is 0 Å². The van der Waals surface area contributed by atoms with Crippen LogP contribution >= 0.6 is 15.9 Å². The normalized spacial score (nSPS) is 12.5. The highest BCUT2D eigenvalue weighted by molar-refractivity contribution is 9.10. The van der Waals surface area contributed by atoms with Gasteiger partial charge in [-0.1, -0.05) is 35.4 Å². The van der Waals surface area contributed by atoms with Crippen LogP contribution in [0.3, 0.4) is 0 Å². The molecular weight excluding hydrogens is 312 g/mol. The second-order valence-electron chi connectivity index (χ2n) is 4.66. The minimum Gasteiger partial charge on any atom is -0.320 e. The van der Waals surface area contributed by atoms with Crippen LogP contribution in [0.4, 0.5) is 8.78 Å². The van der Waals surface area contributed by atoms with Crippen LogP contribution in [0.2, 0.25) is 0 Å². The van der Waals surface area contributed by atoms with Crippen LogP contribution in [0.25, 0.3) is 0 Å². The van der Waals surface area contributed by atoms with Crippen molar-refractivity contribution in [3.63, 3.8) is 0 Å². The highest BCUT2D eigenvalue weighted by Crippen LogP contribution is 2.30. The molecule has 2 aromatic carbocycles. The van der Waals surface area contributed by atoms with E-state index in [0.29, 0.717) is 5.56 Å². The SMILES string of the molecule is Cc1cc(C)cc(C(N)c2ccc(F)c(F)c2Br)c1. The van der Waals surface area contributed by atoms with Crippen molar-refractivity contribution in [2.75, 3.05) is 0 Å². The summed E-state index contributed by atoms with van der Waals surface area (Å²) in [6, 6.07) is 8.04. The number of rotatable bonds is 2. The Bertz CT molecular complexity index is 606. The molecule has 19 heavy (non-hydrogen) atoms. The summed E-state index contributed by atoms with van der Waals surface area (Å²) in [5, 5.41) is 0. The third-order valence-corrected chi connectivity index (χ3v) is 3.81. The van der Waals surface area contributed by atoms with Crippen LogP contribution < -0.4 is 5.73 Å². The molecule has 0 saturated heterocycles. The van der Waals surface area contributed by atoms with Crippen LogP contribution in [0.1, 0.15) is 28.3 Å². The molecule has 1 unspecified atom stereocenters. The van der Waals surface area contributed by atoms with E-state index in [1.807, 2.05) is 32.0 Å². The Kier molecular flexibility index (Phi) is 4.02. The first kappa shape index (κ1) is 14.2. The van der Waals surface area contributed by atoms with Gasteiger partial charge in [0.15, 0.2) is 11.6 Å². The smallest absolute Gasteiger partial charge is 0.173 e. The summed E-state index contributed by atoms with van der Waals surface area (Å²) in [6.45, 7) is 3.95. The van der Waals surface area contributed by atoms with Gasteiger partial charge in [-0.3, -0.25) is 0 Å². The zero-order valence-corrected chi connectivity index (χ0v) is 12.3. The molecule has 4 heteroatoms. The van der Waals surface area contributed by atoms with Crippen molar-refractivity contribution in [1.29, 1.82) is 0 Å². The third kappa shape index (κ3) is 2.85. The summed E-state index contributed by atoms with van der Waals surface area (Å²) in [7, 11) is 0. The van der Waals surface area contributed by atoms with E-state index in [9.17, 15) is 8.78 Å². The first-order valence-electron chi connectivity index (χ1n) is 5.87. The molecule has 0 aliphatic rings. The van der Waals surface area contributed by atoms with Gasteiger partial charge in [-0.05, 0) is 47.0 Å². The Labute approximate surface area is 119 Å². The molecule has 0 radical (unpaired) electrons. The second-order valence-corrected chi connectivity index (χ2v) is 5.46. The first-order valence-corrected chi connectivity index (χ1v) is 6.66. The molecule has 0 fully saturated rings. The maximum Gasteiger partial charge on any atom is 0.173 e. The van der Waals surface area contributed by atoms with E-state index in [2.05, 4.69) is 15.9 Å². The van der Waals surface area contributed by atoms with Gasteiger partial charge in [0, 0.05) is 0 Å². The van der Waals surface area contributed by atoms with Gasteiger partial charge in [0.25, 0.3) is 0 Å². The van der Waals surface area contributed by atoms with Crippen molar-refractivity contribution in [1.82, 2.24) is 0 Å². The summed E-state index contributed by atoms with van der Waals surface area (Å²) in [5.74, 6) is -1.79. The van der Waals surface area contributed by atoms with Gasteiger partial charge in [0.05, 0.1) is 10.5 Å². The molecule has 2 aromatic rings. The fourth-order valence-corrected chi connectivity index (χ4v) is 2.72. The quantitative estimate of drug-likeness (QED) is 0.814.